The van der Waals surface area contributed by atoms with Crippen LogP contribution in [0.4, 0.5) is 5.82 Å². The maximum absolute atomic E-state index is 12.8. The molecular formula is C44H48N7O12PSe. The summed E-state index contributed by atoms with van der Waals surface area (Å²) in [6.07, 6.45) is -3.36. The van der Waals surface area contributed by atoms with E-state index in [9.17, 15) is 14.4 Å². The third-order valence-corrected chi connectivity index (χ3v) is 14.9. The van der Waals surface area contributed by atoms with Crippen LogP contribution in [0.1, 0.15) is 54.5 Å². The van der Waals surface area contributed by atoms with Gasteiger partial charge in [-0.2, -0.15) is 0 Å². The van der Waals surface area contributed by atoms with Gasteiger partial charge in [-0.1, -0.05) is 0 Å². The molecule has 342 valence electrons. The van der Waals surface area contributed by atoms with Crippen molar-refractivity contribution in [3.63, 3.8) is 0 Å². The number of H-pyrrole nitrogens is 1. The average Bonchev–Trinajstić information content (AvgIpc) is 4.05. The molecule has 0 radical (unpaired) electrons. The zero-order valence-corrected chi connectivity index (χ0v) is 38.7. The average molecular weight is 977 g/mol. The number of aryl methyl sites for hydroxylation is 1. The SMILES string of the molecule is COc1ccc(C(OC[C@H]2O[C@@H](n3cnc4c(N)ncnc43)C[C@@H]2OP(=[Se])(OC)OC[C@H]2O[C@@H](n3cc(C)c(=O)[nH]c3=O)C[C@@H]2OC(C)=O)(c2ccccc2)c2ccc(OC)cc2)cc1. The Morgan fingerprint density at radius 1 is 0.846 bits per heavy atom. The number of carbonyl (C=O) groups excluding carboxylic acids is 1. The number of aromatic amines is 1. The fourth-order valence-electron chi connectivity index (χ4n) is 8.11. The predicted octanol–water partition coefficient (Wildman–Crippen LogP) is 4.69. The van der Waals surface area contributed by atoms with E-state index in [4.69, 9.17) is 47.7 Å². The summed E-state index contributed by atoms with van der Waals surface area (Å²) in [5, 5.41) is 0. The number of carbonyl (C=O) groups is 1. The van der Waals surface area contributed by atoms with Crippen LogP contribution in [0.5, 0.6) is 11.5 Å². The number of aromatic nitrogens is 6. The van der Waals surface area contributed by atoms with Crippen molar-refractivity contribution in [2.75, 3.05) is 40.3 Å². The van der Waals surface area contributed by atoms with Gasteiger partial charge in [-0.3, -0.25) is 0 Å². The van der Waals surface area contributed by atoms with Crippen LogP contribution in [0.25, 0.3) is 11.2 Å². The molecule has 3 N–H and O–H groups in total. The first-order chi connectivity index (χ1) is 31.3. The third-order valence-electron chi connectivity index (χ3n) is 11.4. The van der Waals surface area contributed by atoms with E-state index in [1.807, 2.05) is 78.9 Å². The van der Waals surface area contributed by atoms with Crippen LogP contribution in [0, 0.1) is 6.92 Å². The number of nitrogen functional groups attached to an aromatic ring is 1. The Morgan fingerprint density at radius 3 is 2.06 bits per heavy atom. The Labute approximate surface area is 380 Å². The fourth-order valence-corrected chi connectivity index (χ4v) is 10.3. The zero-order chi connectivity index (χ0) is 45.9. The second-order valence-electron chi connectivity index (χ2n) is 15.3. The number of rotatable bonds is 17. The number of hydrogen-bond acceptors (Lipinski definition) is 16. The summed E-state index contributed by atoms with van der Waals surface area (Å²) in [6, 6.07) is 25.3. The minimum absolute atomic E-state index is 0.0170. The summed E-state index contributed by atoms with van der Waals surface area (Å²) in [6.45, 7) is 2.66. The molecule has 2 aliphatic heterocycles. The Kier molecular flexibility index (Phi) is 13.8. The fraction of sp³-hybridized carbons (Fsp3) is 0.364. The van der Waals surface area contributed by atoms with E-state index in [-0.39, 0.29) is 31.9 Å². The monoisotopic (exact) mass is 977 g/mol. The molecule has 0 amide bonds. The van der Waals surface area contributed by atoms with E-state index >= 15 is 0 Å². The molecule has 1 unspecified atom stereocenters. The van der Waals surface area contributed by atoms with Crippen molar-refractivity contribution in [3.05, 3.63) is 141 Å². The van der Waals surface area contributed by atoms with Crippen LogP contribution in [-0.4, -0.2) is 109 Å². The van der Waals surface area contributed by atoms with Crippen molar-refractivity contribution in [3.8, 4) is 11.5 Å². The Balaban J connectivity index is 1.12. The number of esters is 1. The number of fused-ring (bicyclic) bond motifs is 1. The molecule has 2 fully saturated rings. The number of nitrogens with two attached hydrogens (primary N) is 1. The molecule has 0 saturated carbocycles. The molecule has 8 rings (SSSR count). The topological polar surface area (TPSA) is 225 Å². The molecule has 7 atom stereocenters. The molecule has 0 aliphatic carbocycles. The molecule has 3 aromatic heterocycles. The third kappa shape index (κ3) is 9.59. The first kappa shape index (κ1) is 46.0. The van der Waals surface area contributed by atoms with E-state index in [0.29, 0.717) is 28.2 Å². The maximum atomic E-state index is 12.8. The van der Waals surface area contributed by atoms with Crippen LogP contribution in [0.15, 0.2) is 107 Å². The number of hydrogen-bond donors (Lipinski definition) is 2. The summed E-state index contributed by atoms with van der Waals surface area (Å²) >= 11 is 3.00. The quantitative estimate of drug-likeness (QED) is 0.0547. The first-order valence-corrected chi connectivity index (χ1v) is 24.3. The summed E-state index contributed by atoms with van der Waals surface area (Å²) in [5.74, 6) is 1.02. The van der Waals surface area contributed by atoms with Gasteiger partial charge in [0.25, 0.3) is 0 Å². The molecule has 2 saturated heterocycles. The molecule has 21 heteroatoms. The summed E-state index contributed by atoms with van der Waals surface area (Å²) in [5.41, 5.74) is 7.47. The van der Waals surface area contributed by atoms with Crippen molar-refractivity contribution >= 4 is 44.2 Å². The van der Waals surface area contributed by atoms with E-state index in [2.05, 4.69) is 35.0 Å². The minimum atomic E-state index is -3.38. The summed E-state index contributed by atoms with van der Waals surface area (Å²) in [7, 11) is 4.68. The van der Waals surface area contributed by atoms with E-state index in [1.165, 1.54) is 31.1 Å². The normalized spacial score (nSPS) is 21.9. The van der Waals surface area contributed by atoms with Gasteiger partial charge in [0.2, 0.25) is 0 Å². The number of anilines is 1. The van der Waals surface area contributed by atoms with Gasteiger partial charge in [0.05, 0.1) is 14.2 Å². The van der Waals surface area contributed by atoms with Gasteiger partial charge in [-0.25, -0.2) is 0 Å². The van der Waals surface area contributed by atoms with Gasteiger partial charge in [0, 0.05) is 0 Å². The van der Waals surface area contributed by atoms with Gasteiger partial charge in [-0.05, 0) is 0 Å². The second kappa shape index (κ2) is 19.5. The van der Waals surface area contributed by atoms with Crippen molar-refractivity contribution < 1.29 is 46.8 Å². The number of ether oxygens (including phenoxy) is 6. The second-order valence-corrected chi connectivity index (χ2v) is 19.9. The van der Waals surface area contributed by atoms with Crippen LogP contribution >= 0.6 is 6.19 Å². The first-order valence-electron chi connectivity index (χ1n) is 20.5. The van der Waals surface area contributed by atoms with Crippen LogP contribution in [0.2, 0.25) is 0 Å². The number of imidazole rings is 1. The zero-order valence-electron chi connectivity index (χ0n) is 36.1. The van der Waals surface area contributed by atoms with E-state index in [0.717, 1.165) is 16.7 Å². The number of nitrogens with zero attached hydrogens (tertiary/aromatic N) is 5. The number of benzene rings is 3. The molecule has 2 aliphatic rings. The summed E-state index contributed by atoms with van der Waals surface area (Å²) < 4.78 is 59.3. The standard InChI is InChI=1S/C44H48N7O12PSe/c1-26-21-50(43(54)49-42(26)53)37-19-33(60-27(2)52)36(62-37)23-59-64(65,57-5)63-34-20-38(51-25-48-39-40(45)46-24-47-41(39)51)61-35(34)22-58-44(28-9-7-6-8-10-28,29-11-15-31(55-3)16-12-29)30-13-17-32(56-4)18-14-30/h6-18,21,24-25,33-38H,19-20,22-23H2,1-5H3,(H2,45,46,47)(H,49,53,54)/t33-,34-,35+,36+,37+,38+,64?/m0/s1. The number of nitrogens with one attached hydrogen (secondary N) is 1. The Morgan fingerprint density at radius 2 is 1.45 bits per heavy atom. The predicted molar refractivity (Wildman–Crippen MR) is 237 cm³/mol. The van der Waals surface area contributed by atoms with Crippen molar-refractivity contribution in [2.45, 2.75) is 69.2 Å². The van der Waals surface area contributed by atoms with Gasteiger partial charge >= 0.3 is 368 Å². The van der Waals surface area contributed by atoms with Crippen molar-refractivity contribution in [2.24, 2.45) is 0 Å². The molecule has 0 spiro atoms. The molecule has 5 heterocycles. The van der Waals surface area contributed by atoms with Gasteiger partial charge in [-0.15, -0.1) is 0 Å². The molecule has 0 bridgehead atoms. The van der Waals surface area contributed by atoms with Gasteiger partial charge < -0.3 is 0 Å². The van der Waals surface area contributed by atoms with Gasteiger partial charge in [0.1, 0.15) is 0 Å². The molecule has 65 heavy (non-hydrogen) atoms. The Hall–Kier alpha value is -5.53. The van der Waals surface area contributed by atoms with E-state index in [1.54, 1.807) is 32.0 Å². The van der Waals surface area contributed by atoms with Crippen LogP contribution < -0.4 is 26.5 Å². The Bertz CT molecular complexity index is 2740. The van der Waals surface area contributed by atoms with Crippen LogP contribution in [-0.2, 0) is 42.9 Å². The van der Waals surface area contributed by atoms with E-state index < -0.39 is 65.9 Å². The van der Waals surface area contributed by atoms with Crippen molar-refractivity contribution in [1.82, 2.24) is 29.1 Å². The van der Waals surface area contributed by atoms with Gasteiger partial charge in [0.15, 0.2) is 0 Å². The molecule has 6 aromatic rings. The van der Waals surface area contributed by atoms with Crippen molar-refractivity contribution in [1.29, 1.82) is 0 Å². The number of methoxy groups -OCH3 is 2. The van der Waals surface area contributed by atoms with Crippen LogP contribution in [0.3, 0.4) is 0 Å². The molecule has 19 nitrogen and oxygen atoms in total. The summed E-state index contributed by atoms with van der Waals surface area (Å²) in [4.78, 5) is 52.5. The molecular weight excluding hydrogens is 928 g/mol. The molecule has 3 aromatic carbocycles.